The molecule has 1 aliphatic rings. The number of amides is 2. The highest BCUT2D eigenvalue weighted by Gasteiger charge is 2.38. The Balaban J connectivity index is 1.37. The van der Waals surface area contributed by atoms with Crippen LogP contribution in [0, 0.1) is 0 Å². The first kappa shape index (κ1) is 28.9. The number of nitrogens with zero attached hydrogens (tertiary/aromatic N) is 3. The molecule has 2 aromatic carbocycles. The molecule has 12 heteroatoms. The molecule has 212 valence electrons. The zero-order valence-electron chi connectivity index (χ0n) is 21.7. The van der Waals surface area contributed by atoms with E-state index < -0.39 is 29.6 Å². The fraction of sp³-hybridized carbons (Fsp3) is 0.241. The van der Waals surface area contributed by atoms with Crippen LogP contribution in [0.4, 0.5) is 13.2 Å². The number of nitrogens with one attached hydrogen (secondary N) is 1. The van der Waals surface area contributed by atoms with Gasteiger partial charge >= 0.3 is 6.18 Å². The summed E-state index contributed by atoms with van der Waals surface area (Å²) >= 11 is 4.74. The number of aromatic nitrogens is 2. The lowest BCUT2D eigenvalue weighted by atomic mass is 9.99. The number of Topliss-reactive ketones (excluding diaryl/α,β-unsaturated/α-hetero) is 1. The normalized spacial score (nSPS) is 14.0. The Morgan fingerprint density at radius 2 is 1.73 bits per heavy atom. The largest absolute Gasteiger partial charge is 0.416 e. The van der Waals surface area contributed by atoms with Gasteiger partial charge in [-0.25, -0.2) is 0 Å². The summed E-state index contributed by atoms with van der Waals surface area (Å²) < 4.78 is 43.8. The van der Waals surface area contributed by atoms with Gasteiger partial charge < -0.3 is 5.32 Å². The summed E-state index contributed by atoms with van der Waals surface area (Å²) in [5.41, 5.74) is 1.33. The van der Waals surface area contributed by atoms with Gasteiger partial charge in [0.25, 0.3) is 11.8 Å². The Labute approximate surface area is 246 Å². The van der Waals surface area contributed by atoms with Crippen molar-refractivity contribution in [1.29, 1.82) is 0 Å². The van der Waals surface area contributed by atoms with Crippen LogP contribution in [-0.4, -0.2) is 51.4 Å². The average molecular weight is 646 g/mol. The van der Waals surface area contributed by atoms with Gasteiger partial charge in [0.15, 0.2) is 5.78 Å². The van der Waals surface area contributed by atoms with Crippen molar-refractivity contribution in [3.8, 4) is 11.3 Å². The second-order valence-electron chi connectivity index (χ2n) is 9.48. The van der Waals surface area contributed by atoms with E-state index in [9.17, 15) is 27.6 Å². The molecule has 1 N–H and O–H groups in total. The molecule has 0 saturated carbocycles. The number of halogens is 4. The summed E-state index contributed by atoms with van der Waals surface area (Å²) in [6.45, 7) is 2.19. The molecule has 1 atom stereocenters. The summed E-state index contributed by atoms with van der Waals surface area (Å²) in [6, 6.07) is 12.5. The van der Waals surface area contributed by atoms with Gasteiger partial charge in [-0.2, -0.15) is 18.3 Å². The zero-order chi connectivity index (χ0) is 29.3. The van der Waals surface area contributed by atoms with Crippen molar-refractivity contribution >= 4 is 44.9 Å². The highest BCUT2D eigenvalue weighted by Crippen LogP contribution is 2.34. The molecule has 41 heavy (non-hydrogen) atoms. The maximum Gasteiger partial charge on any atom is 0.416 e. The number of aryl methyl sites for hydroxylation is 1. The third kappa shape index (κ3) is 5.90. The molecular weight excluding hydrogens is 621 g/mol. The maximum absolute atomic E-state index is 13.7. The number of carbonyl (C=O) groups is 3. The highest BCUT2D eigenvalue weighted by molar-refractivity contribution is 9.10. The molecule has 0 saturated heterocycles. The number of hydrogen-bond donors (Lipinski definition) is 1. The minimum atomic E-state index is -4.58. The van der Waals surface area contributed by atoms with Crippen LogP contribution in [0.5, 0.6) is 0 Å². The molecule has 0 unspecified atom stereocenters. The van der Waals surface area contributed by atoms with Gasteiger partial charge in [0, 0.05) is 30.1 Å². The number of benzene rings is 2. The number of rotatable bonds is 10. The van der Waals surface area contributed by atoms with E-state index in [1.54, 1.807) is 29.1 Å². The monoisotopic (exact) mass is 644 g/mol. The van der Waals surface area contributed by atoms with Crippen molar-refractivity contribution in [3.05, 3.63) is 97.8 Å². The number of thiophene rings is 1. The van der Waals surface area contributed by atoms with Crippen LogP contribution in [0.25, 0.3) is 11.3 Å². The molecule has 0 fully saturated rings. The number of fused-ring (bicyclic) bond motifs is 1. The maximum atomic E-state index is 13.7. The summed E-state index contributed by atoms with van der Waals surface area (Å²) in [5.74, 6) is -1.31. The minimum Gasteiger partial charge on any atom is -0.305 e. The van der Waals surface area contributed by atoms with E-state index in [0.717, 1.165) is 26.7 Å². The molecule has 0 bridgehead atoms. The topological polar surface area (TPSA) is 84.3 Å². The Kier molecular flexibility index (Phi) is 8.25. The number of imide groups is 1. The van der Waals surface area contributed by atoms with E-state index in [2.05, 4.69) is 26.3 Å². The van der Waals surface area contributed by atoms with Crippen molar-refractivity contribution < 1.29 is 27.6 Å². The Hall–Kier alpha value is -3.61. The number of carbonyl (C=O) groups excluding carboxylic acids is 3. The third-order valence-corrected chi connectivity index (χ3v) is 8.42. The van der Waals surface area contributed by atoms with Crippen LogP contribution >= 0.6 is 27.3 Å². The van der Waals surface area contributed by atoms with Gasteiger partial charge in [0.1, 0.15) is 0 Å². The summed E-state index contributed by atoms with van der Waals surface area (Å²) in [6.07, 6.45) is -3.06. The Morgan fingerprint density at radius 3 is 2.39 bits per heavy atom. The van der Waals surface area contributed by atoms with Crippen molar-refractivity contribution in [2.24, 2.45) is 0 Å². The lowest BCUT2D eigenvalue weighted by Gasteiger charge is -2.25. The van der Waals surface area contributed by atoms with E-state index in [-0.39, 0.29) is 42.0 Å². The van der Waals surface area contributed by atoms with Gasteiger partial charge in [-0.15, -0.1) is 11.3 Å². The van der Waals surface area contributed by atoms with Crippen LogP contribution in [0.3, 0.4) is 0 Å². The van der Waals surface area contributed by atoms with E-state index >= 15 is 0 Å². The molecule has 4 aromatic rings. The average Bonchev–Trinajstić information content (AvgIpc) is 3.64. The molecule has 3 heterocycles. The van der Waals surface area contributed by atoms with Gasteiger partial charge in [-0.3, -0.25) is 24.0 Å². The molecule has 0 radical (unpaired) electrons. The lowest BCUT2D eigenvalue weighted by Crippen LogP contribution is -2.46. The number of hydrogen-bond acceptors (Lipinski definition) is 6. The third-order valence-electron chi connectivity index (χ3n) is 6.86. The fourth-order valence-corrected chi connectivity index (χ4v) is 6.24. The predicted octanol–water partition coefficient (Wildman–Crippen LogP) is 6.09. The van der Waals surface area contributed by atoms with Crippen LogP contribution in [0.15, 0.2) is 70.6 Å². The minimum absolute atomic E-state index is 0.00218. The lowest BCUT2D eigenvalue weighted by molar-refractivity contribution is -0.138. The van der Waals surface area contributed by atoms with Gasteiger partial charge in [0.05, 0.1) is 44.5 Å². The quantitative estimate of drug-likeness (QED) is 0.167. The summed E-state index contributed by atoms with van der Waals surface area (Å²) in [5, 5.41) is 9.18. The van der Waals surface area contributed by atoms with E-state index in [4.69, 9.17) is 0 Å². The SMILES string of the molecule is CCn1ncc(Br)c1-c1csc(C(=O)CN[C@@H](Cc2ccccc2C(F)(F)F)CN2C(=O)c3ccccc3C2=O)c1. The van der Waals surface area contributed by atoms with Crippen molar-refractivity contribution in [2.75, 3.05) is 13.1 Å². The molecular formula is C29H24BrF3N4O3S. The molecule has 0 aliphatic carbocycles. The molecule has 2 aromatic heterocycles. The second kappa shape index (κ2) is 11.7. The second-order valence-corrected chi connectivity index (χ2v) is 11.2. The van der Waals surface area contributed by atoms with Crippen molar-refractivity contribution in [2.45, 2.75) is 32.1 Å². The van der Waals surface area contributed by atoms with Gasteiger partial charge in [-0.1, -0.05) is 30.3 Å². The molecule has 7 nitrogen and oxygen atoms in total. The first-order valence-corrected chi connectivity index (χ1v) is 14.4. The first-order chi connectivity index (χ1) is 19.6. The molecule has 1 aliphatic heterocycles. The molecule has 0 spiro atoms. The number of ketones is 1. The summed E-state index contributed by atoms with van der Waals surface area (Å²) in [4.78, 5) is 40.7. The van der Waals surface area contributed by atoms with Crippen LogP contribution < -0.4 is 5.32 Å². The van der Waals surface area contributed by atoms with Gasteiger partial charge in [-0.05, 0) is 59.1 Å². The standard InChI is InChI=1S/C29H24BrF3N4O3S/c1-2-37-26(23(30)13-35-37)18-12-25(41-16-18)24(38)14-34-19(11-17-7-3-6-10-22(17)29(31,32)33)15-36-27(39)20-8-4-5-9-21(20)28(36)40/h3-10,12-13,16,19,34H,2,11,14-15H2,1H3/t19-/m0/s1. The van der Waals surface area contributed by atoms with Gasteiger partial charge in [0.2, 0.25) is 0 Å². The van der Waals surface area contributed by atoms with Crippen LogP contribution in [0.1, 0.15) is 48.4 Å². The number of alkyl halides is 3. The smallest absolute Gasteiger partial charge is 0.305 e. The molecule has 5 rings (SSSR count). The highest BCUT2D eigenvalue weighted by atomic mass is 79.9. The fourth-order valence-electron chi connectivity index (χ4n) is 4.89. The van der Waals surface area contributed by atoms with E-state index in [1.165, 1.54) is 41.7 Å². The van der Waals surface area contributed by atoms with Crippen molar-refractivity contribution in [1.82, 2.24) is 20.0 Å². The summed E-state index contributed by atoms with van der Waals surface area (Å²) in [7, 11) is 0. The van der Waals surface area contributed by atoms with Crippen LogP contribution in [0.2, 0.25) is 0 Å². The molecule has 2 amide bonds. The Morgan fingerprint density at radius 1 is 1.07 bits per heavy atom. The predicted molar refractivity (Wildman–Crippen MR) is 152 cm³/mol. The van der Waals surface area contributed by atoms with Crippen molar-refractivity contribution in [3.63, 3.8) is 0 Å². The van der Waals surface area contributed by atoms with Crippen LogP contribution in [-0.2, 0) is 19.1 Å². The van der Waals surface area contributed by atoms with E-state index in [0.29, 0.717) is 11.4 Å². The Bertz CT molecular complexity index is 1600. The first-order valence-electron chi connectivity index (χ1n) is 12.8. The zero-order valence-corrected chi connectivity index (χ0v) is 24.1. The van der Waals surface area contributed by atoms with E-state index in [1.807, 2.05) is 12.3 Å².